The van der Waals surface area contributed by atoms with E-state index in [4.69, 9.17) is 0 Å². The minimum atomic E-state index is -0.332. The Morgan fingerprint density at radius 1 is 1.53 bits per heavy atom. The number of hydrogen-bond acceptors (Lipinski definition) is 3. The molecule has 1 aromatic rings. The van der Waals surface area contributed by atoms with Crippen LogP contribution in [0.15, 0.2) is 18.2 Å². The number of aryl methyl sites for hydroxylation is 1. The Hall–Kier alpha value is -1.42. The number of nitrogens with zero attached hydrogens (tertiary/aromatic N) is 1. The predicted molar refractivity (Wildman–Crippen MR) is 57.8 cm³/mol. The minimum absolute atomic E-state index is 0.205. The molecule has 1 aliphatic heterocycles. The lowest BCUT2D eigenvalue weighted by Crippen LogP contribution is -2.12. The van der Waals surface area contributed by atoms with Gasteiger partial charge in [0.25, 0.3) is 5.69 Å². The number of hydrogen-bond donors (Lipinski definition) is 1. The van der Waals surface area contributed by atoms with Crippen LogP contribution in [0.1, 0.15) is 30.0 Å². The second kappa shape index (κ2) is 3.98. The van der Waals surface area contributed by atoms with E-state index in [0.29, 0.717) is 6.04 Å². The zero-order valence-electron chi connectivity index (χ0n) is 8.69. The largest absolute Gasteiger partial charge is 0.310 e. The average Bonchev–Trinajstić information content (AvgIpc) is 2.69. The molecule has 2 rings (SSSR count). The summed E-state index contributed by atoms with van der Waals surface area (Å²) in [4.78, 5) is 10.3. The topological polar surface area (TPSA) is 55.2 Å². The van der Waals surface area contributed by atoms with E-state index in [1.807, 2.05) is 12.1 Å². The first kappa shape index (κ1) is 10.1. The van der Waals surface area contributed by atoms with Crippen molar-refractivity contribution in [2.24, 2.45) is 0 Å². The minimum Gasteiger partial charge on any atom is -0.310 e. The third-order valence-corrected chi connectivity index (χ3v) is 2.88. The van der Waals surface area contributed by atoms with Crippen LogP contribution in [0.2, 0.25) is 0 Å². The van der Waals surface area contributed by atoms with Crippen LogP contribution in [0.4, 0.5) is 5.69 Å². The third-order valence-electron chi connectivity index (χ3n) is 2.88. The number of rotatable bonds is 2. The maximum absolute atomic E-state index is 10.6. The van der Waals surface area contributed by atoms with Crippen molar-refractivity contribution in [1.29, 1.82) is 0 Å². The summed E-state index contributed by atoms with van der Waals surface area (Å²) in [6.07, 6.45) is 2.30. The van der Waals surface area contributed by atoms with Crippen molar-refractivity contribution in [3.8, 4) is 0 Å². The highest BCUT2D eigenvalue weighted by Crippen LogP contribution is 2.27. The van der Waals surface area contributed by atoms with Crippen molar-refractivity contribution in [2.75, 3.05) is 6.54 Å². The Kier molecular flexibility index (Phi) is 2.68. The van der Waals surface area contributed by atoms with Crippen LogP contribution in [-0.4, -0.2) is 11.5 Å². The molecule has 1 aliphatic rings. The summed E-state index contributed by atoms with van der Waals surface area (Å²) in [6, 6.07) is 5.75. The Morgan fingerprint density at radius 2 is 2.33 bits per heavy atom. The fraction of sp³-hybridized carbons (Fsp3) is 0.455. The molecule has 1 fully saturated rings. The van der Waals surface area contributed by atoms with Crippen molar-refractivity contribution in [3.63, 3.8) is 0 Å². The van der Waals surface area contributed by atoms with Gasteiger partial charge in [0.15, 0.2) is 0 Å². The molecular weight excluding hydrogens is 192 g/mol. The monoisotopic (exact) mass is 206 g/mol. The maximum Gasteiger partial charge on any atom is 0.272 e. The molecule has 0 saturated carbocycles. The normalized spacial score (nSPS) is 20.5. The van der Waals surface area contributed by atoms with Gasteiger partial charge in [0.2, 0.25) is 0 Å². The van der Waals surface area contributed by atoms with Crippen LogP contribution in [0.25, 0.3) is 0 Å². The smallest absolute Gasteiger partial charge is 0.272 e. The summed E-state index contributed by atoms with van der Waals surface area (Å²) in [6.45, 7) is 2.83. The maximum atomic E-state index is 10.6. The standard InChI is InChI=1S/C11H14N2O2/c1-8-7-9(10-3-2-6-12-10)4-5-11(8)13(14)15/h4-5,7,10,12H,2-3,6H2,1H3. The van der Waals surface area contributed by atoms with E-state index in [0.717, 1.165) is 24.1 Å². The molecule has 0 amide bonds. The second-order valence-corrected chi connectivity index (χ2v) is 3.95. The Bertz CT molecular complexity index is 384. The molecule has 0 aliphatic carbocycles. The number of nitrogens with one attached hydrogen (secondary N) is 1. The molecule has 4 heteroatoms. The zero-order chi connectivity index (χ0) is 10.8. The molecule has 1 saturated heterocycles. The molecule has 4 nitrogen and oxygen atoms in total. The third kappa shape index (κ3) is 1.99. The number of nitro benzene ring substituents is 1. The zero-order valence-corrected chi connectivity index (χ0v) is 8.69. The van der Waals surface area contributed by atoms with E-state index < -0.39 is 0 Å². The van der Waals surface area contributed by atoms with Gasteiger partial charge in [-0.05, 0) is 37.9 Å². The van der Waals surface area contributed by atoms with Gasteiger partial charge in [-0.15, -0.1) is 0 Å². The first-order valence-electron chi connectivity index (χ1n) is 5.17. The highest BCUT2D eigenvalue weighted by Gasteiger charge is 2.18. The molecular formula is C11H14N2O2. The van der Waals surface area contributed by atoms with Gasteiger partial charge >= 0.3 is 0 Å². The lowest BCUT2D eigenvalue weighted by atomic mass is 10.0. The summed E-state index contributed by atoms with van der Waals surface area (Å²) < 4.78 is 0. The van der Waals surface area contributed by atoms with Crippen LogP contribution in [-0.2, 0) is 0 Å². The van der Waals surface area contributed by atoms with Crippen molar-refractivity contribution >= 4 is 5.69 Å². The summed E-state index contributed by atoms with van der Waals surface area (Å²) >= 11 is 0. The molecule has 15 heavy (non-hydrogen) atoms. The van der Waals surface area contributed by atoms with E-state index in [1.54, 1.807) is 13.0 Å². The summed E-state index contributed by atoms with van der Waals surface area (Å²) in [7, 11) is 0. The molecule has 1 heterocycles. The lowest BCUT2D eigenvalue weighted by Gasteiger charge is -2.10. The first-order chi connectivity index (χ1) is 7.18. The van der Waals surface area contributed by atoms with Crippen molar-refractivity contribution in [1.82, 2.24) is 5.32 Å². The summed E-state index contributed by atoms with van der Waals surface area (Å²) in [5.41, 5.74) is 2.11. The average molecular weight is 206 g/mol. The fourth-order valence-electron chi connectivity index (χ4n) is 2.07. The molecule has 1 aromatic carbocycles. The van der Waals surface area contributed by atoms with E-state index in [2.05, 4.69) is 5.32 Å². The van der Waals surface area contributed by atoms with Gasteiger partial charge in [0, 0.05) is 17.7 Å². The fourth-order valence-corrected chi connectivity index (χ4v) is 2.07. The predicted octanol–water partition coefficient (Wildman–Crippen LogP) is 2.33. The molecule has 1 N–H and O–H groups in total. The molecule has 0 spiro atoms. The molecule has 80 valence electrons. The van der Waals surface area contributed by atoms with E-state index >= 15 is 0 Å². The van der Waals surface area contributed by atoms with Crippen LogP contribution in [0, 0.1) is 17.0 Å². The quantitative estimate of drug-likeness (QED) is 0.596. The van der Waals surface area contributed by atoms with Crippen molar-refractivity contribution < 1.29 is 4.92 Å². The highest BCUT2D eigenvalue weighted by molar-refractivity contribution is 5.42. The second-order valence-electron chi connectivity index (χ2n) is 3.95. The van der Waals surface area contributed by atoms with Crippen LogP contribution >= 0.6 is 0 Å². The molecule has 0 bridgehead atoms. The first-order valence-corrected chi connectivity index (χ1v) is 5.17. The van der Waals surface area contributed by atoms with Gasteiger partial charge in [-0.25, -0.2) is 0 Å². The summed E-state index contributed by atoms with van der Waals surface area (Å²) in [5, 5.41) is 14.0. The van der Waals surface area contributed by atoms with Gasteiger partial charge in [0.1, 0.15) is 0 Å². The number of nitro groups is 1. The highest BCUT2D eigenvalue weighted by atomic mass is 16.6. The van der Waals surface area contributed by atoms with Gasteiger partial charge in [-0.2, -0.15) is 0 Å². The number of benzene rings is 1. The van der Waals surface area contributed by atoms with Gasteiger partial charge in [-0.3, -0.25) is 10.1 Å². The van der Waals surface area contributed by atoms with Crippen molar-refractivity contribution in [2.45, 2.75) is 25.8 Å². The lowest BCUT2D eigenvalue weighted by molar-refractivity contribution is -0.385. The van der Waals surface area contributed by atoms with Crippen LogP contribution in [0.3, 0.4) is 0 Å². The van der Waals surface area contributed by atoms with E-state index in [9.17, 15) is 10.1 Å². The Labute approximate surface area is 88.5 Å². The summed E-state index contributed by atoms with van der Waals surface area (Å²) in [5.74, 6) is 0. The molecule has 1 unspecified atom stereocenters. The molecule has 0 aromatic heterocycles. The van der Waals surface area contributed by atoms with Crippen LogP contribution < -0.4 is 5.32 Å². The molecule has 0 radical (unpaired) electrons. The van der Waals surface area contributed by atoms with Gasteiger partial charge in [0.05, 0.1) is 4.92 Å². The SMILES string of the molecule is Cc1cc(C2CCCN2)ccc1[N+](=O)[O-]. The van der Waals surface area contributed by atoms with Crippen LogP contribution in [0.5, 0.6) is 0 Å². The van der Waals surface area contributed by atoms with E-state index in [-0.39, 0.29) is 10.6 Å². The Morgan fingerprint density at radius 3 is 2.87 bits per heavy atom. The Balaban J connectivity index is 2.28. The van der Waals surface area contributed by atoms with Gasteiger partial charge in [-0.1, -0.05) is 6.07 Å². The molecule has 1 atom stereocenters. The van der Waals surface area contributed by atoms with E-state index in [1.165, 1.54) is 6.42 Å². The van der Waals surface area contributed by atoms with Crippen molar-refractivity contribution in [3.05, 3.63) is 39.4 Å². The van der Waals surface area contributed by atoms with Gasteiger partial charge < -0.3 is 5.32 Å².